The number of aromatic nitrogens is 5. The van der Waals surface area contributed by atoms with Crippen LogP contribution in [0.25, 0.3) is 22.2 Å². The first-order chi connectivity index (χ1) is 19.3. The number of aliphatic hydroxyl groups excluding tert-OH is 1. The van der Waals surface area contributed by atoms with E-state index in [0.717, 1.165) is 29.2 Å². The molecule has 0 aliphatic rings. The first kappa shape index (κ1) is 29.6. The number of rotatable bonds is 9. The molecule has 3 N–H and O–H groups in total. The molecule has 0 spiro atoms. The third-order valence-corrected chi connectivity index (χ3v) is 6.10. The molecular formula is C25H21F7N6O3. The number of fused-ring (bicyclic) bond motifs is 1. The van der Waals surface area contributed by atoms with Crippen molar-refractivity contribution in [3.8, 4) is 11.4 Å². The lowest BCUT2D eigenvalue weighted by Gasteiger charge is -2.20. The normalized spacial score (nSPS) is 14.3. The van der Waals surface area contributed by atoms with Gasteiger partial charge in [0.25, 0.3) is 17.5 Å². The second-order valence-corrected chi connectivity index (χ2v) is 9.18. The van der Waals surface area contributed by atoms with E-state index in [1.54, 1.807) is 5.10 Å². The largest absolute Gasteiger partial charge is 0.423 e. The summed E-state index contributed by atoms with van der Waals surface area (Å²) >= 11 is 0. The van der Waals surface area contributed by atoms with Gasteiger partial charge in [0.15, 0.2) is 5.82 Å². The minimum Gasteiger partial charge on any atom is -0.382 e. The van der Waals surface area contributed by atoms with Crippen molar-refractivity contribution in [2.75, 3.05) is 5.32 Å². The van der Waals surface area contributed by atoms with Crippen molar-refractivity contribution in [3.05, 3.63) is 80.6 Å². The minimum atomic E-state index is -4.98. The number of H-pyrrole nitrogens is 1. The van der Waals surface area contributed by atoms with E-state index >= 15 is 0 Å². The zero-order valence-electron chi connectivity index (χ0n) is 21.0. The van der Waals surface area contributed by atoms with Crippen LogP contribution in [0.3, 0.4) is 0 Å². The Morgan fingerprint density at radius 1 is 1.10 bits per heavy atom. The van der Waals surface area contributed by atoms with E-state index in [4.69, 9.17) is 0 Å². The van der Waals surface area contributed by atoms with Crippen LogP contribution in [0, 0.1) is 5.82 Å². The van der Waals surface area contributed by atoms with Crippen molar-refractivity contribution in [1.82, 2.24) is 24.7 Å². The fraction of sp³-hybridized carbons (Fsp3) is 0.320. The number of nitrogens with zero attached hydrogens (tertiary/aromatic N) is 4. The molecule has 0 saturated carbocycles. The number of pyridine rings is 1. The summed E-state index contributed by atoms with van der Waals surface area (Å²) in [6.07, 6.45) is -8.37. The van der Waals surface area contributed by atoms with Crippen molar-refractivity contribution in [2.45, 2.75) is 50.8 Å². The van der Waals surface area contributed by atoms with Crippen LogP contribution in [0.2, 0.25) is 0 Å². The van der Waals surface area contributed by atoms with E-state index in [9.17, 15) is 45.4 Å². The van der Waals surface area contributed by atoms with Gasteiger partial charge in [-0.1, -0.05) is 0 Å². The van der Waals surface area contributed by atoms with E-state index in [2.05, 4.69) is 20.4 Å². The second kappa shape index (κ2) is 11.6. The molecule has 3 heterocycles. The lowest BCUT2D eigenvalue weighted by atomic mass is 10.1. The standard InChI is InChI=1S/C25H21F7N6O3/c1-11(36-18-9-35-37-23(40)19(18)25(30,31)32)4-14(26)10-38-3-2-12-5-16(17(27)6-15(12)24(38)41)22-33-7-13(8-34-22)20(39)21(28)29/h2-3,5-9,11,14,20-21,39H,4,10H2,1H3,(H2,36,37,40)/t11-,14+,20+/m1/s1. The molecule has 4 rings (SSSR count). The molecule has 0 aliphatic carbocycles. The molecule has 3 aromatic heterocycles. The molecule has 9 nitrogen and oxygen atoms in total. The third-order valence-electron chi connectivity index (χ3n) is 6.10. The van der Waals surface area contributed by atoms with Crippen molar-refractivity contribution < 1.29 is 35.8 Å². The van der Waals surface area contributed by atoms with Gasteiger partial charge >= 0.3 is 6.18 Å². The summed E-state index contributed by atoms with van der Waals surface area (Å²) in [6.45, 7) is 0.887. The summed E-state index contributed by atoms with van der Waals surface area (Å²) in [5.41, 5.74) is -4.76. The van der Waals surface area contributed by atoms with Gasteiger partial charge in [0, 0.05) is 36.6 Å². The predicted molar refractivity (Wildman–Crippen MR) is 133 cm³/mol. The molecule has 0 fully saturated rings. The van der Waals surface area contributed by atoms with Crippen molar-refractivity contribution in [2.24, 2.45) is 0 Å². The first-order valence-corrected chi connectivity index (χ1v) is 11.9. The SMILES string of the molecule is C[C@H](C[C@H](F)Cn1ccc2cc(-c3ncc([C@H](O)C(F)F)cn3)c(F)cc2c1=O)Nc1cn[nH]c(=O)c1C(F)(F)F. The second-order valence-electron chi connectivity index (χ2n) is 9.18. The molecule has 0 unspecified atom stereocenters. The van der Waals surface area contributed by atoms with Gasteiger partial charge in [-0.15, -0.1) is 0 Å². The third kappa shape index (κ3) is 6.53. The Bertz CT molecular complexity index is 1660. The smallest absolute Gasteiger partial charge is 0.382 e. The number of aliphatic hydroxyl groups is 1. The van der Waals surface area contributed by atoms with Crippen LogP contribution >= 0.6 is 0 Å². The van der Waals surface area contributed by atoms with Gasteiger partial charge in [-0.3, -0.25) is 9.59 Å². The molecule has 0 radical (unpaired) electrons. The molecule has 218 valence electrons. The molecule has 16 heteroatoms. The molecule has 0 amide bonds. The fourth-order valence-electron chi connectivity index (χ4n) is 4.18. The lowest BCUT2D eigenvalue weighted by molar-refractivity contribution is -0.138. The maximum atomic E-state index is 14.9. The number of benzene rings is 1. The summed E-state index contributed by atoms with van der Waals surface area (Å²) in [5.74, 6) is -1.11. The highest BCUT2D eigenvalue weighted by Crippen LogP contribution is 2.32. The average Bonchev–Trinajstić information content (AvgIpc) is 2.89. The number of hydrogen-bond acceptors (Lipinski definition) is 7. The van der Waals surface area contributed by atoms with Gasteiger partial charge in [-0.25, -0.2) is 32.6 Å². The molecule has 0 aliphatic heterocycles. The fourth-order valence-corrected chi connectivity index (χ4v) is 4.18. The van der Waals surface area contributed by atoms with Crippen LogP contribution < -0.4 is 16.4 Å². The Hall–Kier alpha value is -4.34. The van der Waals surface area contributed by atoms with Gasteiger partial charge in [-0.05, 0) is 30.5 Å². The number of aromatic amines is 1. The van der Waals surface area contributed by atoms with Crippen LogP contribution in [0.15, 0.2) is 52.6 Å². The zero-order valence-corrected chi connectivity index (χ0v) is 21.0. The van der Waals surface area contributed by atoms with Crippen molar-refractivity contribution in [1.29, 1.82) is 0 Å². The van der Waals surface area contributed by atoms with Crippen LogP contribution in [-0.4, -0.2) is 48.5 Å². The van der Waals surface area contributed by atoms with E-state index in [0.29, 0.717) is 0 Å². The van der Waals surface area contributed by atoms with Crippen molar-refractivity contribution >= 4 is 16.5 Å². The Morgan fingerprint density at radius 2 is 1.78 bits per heavy atom. The number of hydrogen-bond donors (Lipinski definition) is 3. The van der Waals surface area contributed by atoms with Gasteiger partial charge in [0.1, 0.15) is 23.7 Å². The average molecular weight is 586 g/mol. The van der Waals surface area contributed by atoms with Crippen LogP contribution in [0.1, 0.15) is 30.6 Å². The Morgan fingerprint density at radius 3 is 2.41 bits per heavy atom. The highest BCUT2D eigenvalue weighted by Gasteiger charge is 2.37. The summed E-state index contributed by atoms with van der Waals surface area (Å²) in [4.78, 5) is 32.2. The van der Waals surface area contributed by atoms with Gasteiger partial charge < -0.3 is 15.0 Å². The number of nitrogens with one attached hydrogen (secondary N) is 2. The van der Waals surface area contributed by atoms with E-state index < -0.39 is 65.7 Å². The summed E-state index contributed by atoms with van der Waals surface area (Å²) in [7, 11) is 0. The highest BCUT2D eigenvalue weighted by molar-refractivity contribution is 5.86. The van der Waals surface area contributed by atoms with E-state index in [1.165, 1.54) is 25.3 Å². The summed E-state index contributed by atoms with van der Waals surface area (Å²) in [6, 6.07) is 2.64. The molecule has 3 atom stereocenters. The highest BCUT2D eigenvalue weighted by atomic mass is 19.4. The molecule has 4 aromatic rings. The number of halogens is 7. The Kier molecular flexibility index (Phi) is 8.42. The summed E-state index contributed by atoms with van der Waals surface area (Å²) in [5, 5.41) is 17.0. The predicted octanol–water partition coefficient (Wildman–Crippen LogP) is 4.23. The van der Waals surface area contributed by atoms with Gasteiger partial charge in [0.05, 0.1) is 29.4 Å². The van der Waals surface area contributed by atoms with Crippen LogP contribution in [0.5, 0.6) is 0 Å². The molecule has 1 aromatic carbocycles. The van der Waals surface area contributed by atoms with E-state index in [-0.39, 0.29) is 34.1 Å². The first-order valence-electron chi connectivity index (χ1n) is 11.9. The topological polar surface area (TPSA) is 126 Å². The van der Waals surface area contributed by atoms with Crippen LogP contribution in [0.4, 0.5) is 36.4 Å². The van der Waals surface area contributed by atoms with Crippen molar-refractivity contribution in [3.63, 3.8) is 0 Å². The Balaban J connectivity index is 1.50. The molecule has 0 bridgehead atoms. The molecular weight excluding hydrogens is 565 g/mol. The minimum absolute atomic E-state index is 0.110. The summed E-state index contributed by atoms with van der Waals surface area (Å²) < 4.78 is 95.8. The van der Waals surface area contributed by atoms with Crippen LogP contribution in [-0.2, 0) is 12.7 Å². The quantitative estimate of drug-likeness (QED) is 0.251. The lowest BCUT2D eigenvalue weighted by Crippen LogP contribution is -2.30. The number of anilines is 1. The zero-order chi connectivity index (χ0) is 30.1. The Labute approximate surface area is 225 Å². The van der Waals surface area contributed by atoms with Gasteiger partial charge in [-0.2, -0.15) is 18.3 Å². The molecule has 41 heavy (non-hydrogen) atoms. The monoisotopic (exact) mass is 586 g/mol. The van der Waals surface area contributed by atoms with E-state index in [1.807, 2.05) is 0 Å². The maximum Gasteiger partial charge on any atom is 0.423 e. The number of alkyl halides is 6. The van der Waals surface area contributed by atoms with Gasteiger partial charge in [0.2, 0.25) is 0 Å². The maximum absolute atomic E-state index is 14.9. The molecule has 0 saturated heterocycles.